The molecule has 3 N–H and O–H groups in total. The zero-order valence-corrected chi connectivity index (χ0v) is 10.9. The van der Waals surface area contributed by atoms with E-state index in [9.17, 15) is 0 Å². The van der Waals surface area contributed by atoms with Crippen molar-refractivity contribution in [3.05, 3.63) is 18.2 Å². The maximum atomic E-state index is 5.41. The van der Waals surface area contributed by atoms with Gasteiger partial charge in [0.25, 0.3) is 0 Å². The van der Waals surface area contributed by atoms with Crippen molar-refractivity contribution in [1.29, 1.82) is 0 Å². The topological polar surface area (TPSA) is 54.2 Å². The van der Waals surface area contributed by atoms with Crippen molar-refractivity contribution >= 4 is 11.6 Å². The predicted molar refractivity (Wildman–Crippen MR) is 71.8 cm³/mol. The van der Waals surface area contributed by atoms with Crippen molar-refractivity contribution in [2.24, 2.45) is 17.7 Å². The molecule has 1 aromatic rings. The van der Waals surface area contributed by atoms with Crippen molar-refractivity contribution in [1.82, 2.24) is 4.98 Å². The van der Waals surface area contributed by atoms with Crippen LogP contribution in [-0.2, 0) is 0 Å². The summed E-state index contributed by atoms with van der Waals surface area (Å²) < 4.78 is 0. The Kier molecular flexibility index (Phi) is 3.52. The highest BCUT2D eigenvalue weighted by Crippen LogP contribution is 2.30. The molecule has 0 aliphatic carbocycles. The highest BCUT2D eigenvalue weighted by atomic mass is 15.3. The van der Waals surface area contributed by atoms with Crippen LogP contribution in [0.3, 0.4) is 0 Å². The van der Waals surface area contributed by atoms with Crippen LogP contribution in [0.25, 0.3) is 0 Å². The fourth-order valence-electron chi connectivity index (χ4n) is 2.68. The molecule has 3 atom stereocenters. The van der Waals surface area contributed by atoms with Gasteiger partial charge in [0.1, 0.15) is 11.6 Å². The predicted octanol–water partition coefficient (Wildman–Crippen LogP) is 2.24. The maximum absolute atomic E-state index is 5.41. The van der Waals surface area contributed by atoms with Crippen LogP contribution < -0.4 is 16.2 Å². The number of pyridine rings is 1. The first-order valence-electron chi connectivity index (χ1n) is 6.32. The molecule has 2 heterocycles. The minimum absolute atomic E-state index is 0.534. The van der Waals surface area contributed by atoms with Crippen LogP contribution in [0.15, 0.2) is 18.2 Å². The smallest absolute Gasteiger partial charge is 0.142 e. The zero-order chi connectivity index (χ0) is 12.4. The molecule has 1 aliphatic heterocycles. The maximum Gasteiger partial charge on any atom is 0.142 e. The van der Waals surface area contributed by atoms with E-state index in [0.29, 0.717) is 12.0 Å². The summed E-state index contributed by atoms with van der Waals surface area (Å²) >= 11 is 0. The van der Waals surface area contributed by atoms with E-state index in [2.05, 4.69) is 42.1 Å². The van der Waals surface area contributed by atoms with E-state index in [-0.39, 0.29) is 0 Å². The van der Waals surface area contributed by atoms with Gasteiger partial charge < -0.3 is 10.3 Å². The van der Waals surface area contributed by atoms with Crippen LogP contribution in [-0.4, -0.2) is 17.6 Å². The molecular weight excluding hydrogens is 212 g/mol. The van der Waals surface area contributed by atoms with E-state index in [1.54, 1.807) is 0 Å². The van der Waals surface area contributed by atoms with Gasteiger partial charge in [-0.05, 0) is 37.3 Å². The second-order valence-corrected chi connectivity index (χ2v) is 5.24. The van der Waals surface area contributed by atoms with Gasteiger partial charge in [-0.25, -0.2) is 10.8 Å². The SMILES string of the molecule is CC1CC(C)C(C)N(c2cccc(NN)n2)C1. The summed E-state index contributed by atoms with van der Waals surface area (Å²) in [4.78, 5) is 6.91. The van der Waals surface area contributed by atoms with E-state index >= 15 is 0 Å². The van der Waals surface area contributed by atoms with Crippen LogP contribution in [0, 0.1) is 11.8 Å². The Morgan fingerprint density at radius 2 is 2.12 bits per heavy atom. The van der Waals surface area contributed by atoms with E-state index in [0.717, 1.165) is 24.1 Å². The Balaban J connectivity index is 2.24. The van der Waals surface area contributed by atoms with Crippen molar-refractivity contribution in [3.8, 4) is 0 Å². The molecule has 0 saturated carbocycles. The summed E-state index contributed by atoms with van der Waals surface area (Å²) in [5.41, 5.74) is 2.61. The summed E-state index contributed by atoms with van der Waals surface area (Å²) in [5, 5.41) is 0. The molecule has 4 nitrogen and oxygen atoms in total. The normalized spacial score (nSPS) is 29.2. The van der Waals surface area contributed by atoms with E-state index in [4.69, 9.17) is 5.84 Å². The summed E-state index contributed by atoms with van der Waals surface area (Å²) in [5.74, 6) is 8.57. The number of nitrogen functional groups attached to an aromatic ring is 1. The fourth-order valence-corrected chi connectivity index (χ4v) is 2.68. The molecule has 0 spiro atoms. The quantitative estimate of drug-likeness (QED) is 0.608. The molecule has 4 heteroatoms. The van der Waals surface area contributed by atoms with Gasteiger partial charge in [0, 0.05) is 12.6 Å². The third kappa shape index (κ3) is 2.52. The molecule has 17 heavy (non-hydrogen) atoms. The molecule has 1 aliphatic rings. The molecule has 1 saturated heterocycles. The van der Waals surface area contributed by atoms with E-state index in [1.165, 1.54) is 6.42 Å². The Labute approximate surface area is 103 Å². The highest BCUT2D eigenvalue weighted by molar-refractivity contribution is 5.47. The van der Waals surface area contributed by atoms with Crippen molar-refractivity contribution < 1.29 is 0 Å². The largest absolute Gasteiger partial charge is 0.353 e. The van der Waals surface area contributed by atoms with Gasteiger partial charge >= 0.3 is 0 Å². The Hall–Kier alpha value is -1.29. The third-order valence-electron chi connectivity index (χ3n) is 3.77. The van der Waals surface area contributed by atoms with Crippen LogP contribution >= 0.6 is 0 Å². The molecule has 1 aromatic heterocycles. The number of anilines is 2. The number of hydrogen-bond acceptors (Lipinski definition) is 4. The number of nitrogens with one attached hydrogen (secondary N) is 1. The number of nitrogens with zero attached hydrogens (tertiary/aromatic N) is 2. The molecule has 0 amide bonds. The van der Waals surface area contributed by atoms with Crippen LogP contribution in [0.2, 0.25) is 0 Å². The Morgan fingerprint density at radius 1 is 1.35 bits per heavy atom. The number of rotatable bonds is 2. The second kappa shape index (κ2) is 4.92. The number of hydrogen-bond donors (Lipinski definition) is 2. The molecule has 94 valence electrons. The lowest BCUT2D eigenvalue weighted by Gasteiger charge is -2.42. The number of hydrazine groups is 1. The van der Waals surface area contributed by atoms with E-state index in [1.807, 2.05) is 12.1 Å². The minimum atomic E-state index is 0.534. The molecule has 0 aromatic carbocycles. The first-order valence-corrected chi connectivity index (χ1v) is 6.32. The Morgan fingerprint density at radius 3 is 2.82 bits per heavy atom. The van der Waals surface area contributed by atoms with Gasteiger partial charge in [-0.1, -0.05) is 19.9 Å². The van der Waals surface area contributed by atoms with Crippen LogP contribution in [0.4, 0.5) is 11.6 Å². The lowest BCUT2D eigenvalue weighted by Crippen LogP contribution is -2.46. The second-order valence-electron chi connectivity index (χ2n) is 5.24. The number of nitrogens with two attached hydrogens (primary N) is 1. The summed E-state index contributed by atoms with van der Waals surface area (Å²) in [6.45, 7) is 7.98. The van der Waals surface area contributed by atoms with Gasteiger partial charge in [0.05, 0.1) is 0 Å². The van der Waals surface area contributed by atoms with Crippen molar-refractivity contribution in [3.63, 3.8) is 0 Å². The summed E-state index contributed by atoms with van der Waals surface area (Å²) in [6.07, 6.45) is 1.30. The molecule has 3 unspecified atom stereocenters. The van der Waals surface area contributed by atoms with E-state index < -0.39 is 0 Å². The third-order valence-corrected chi connectivity index (χ3v) is 3.77. The Bertz CT molecular complexity index is 379. The molecule has 0 bridgehead atoms. The summed E-state index contributed by atoms with van der Waals surface area (Å²) in [6, 6.07) is 6.47. The van der Waals surface area contributed by atoms with Crippen LogP contribution in [0.1, 0.15) is 27.2 Å². The molecule has 0 radical (unpaired) electrons. The average Bonchev–Trinajstić information content (AvgIpc) is 2.34. The van der Waals surface area contributed by atoms with Crippen molar-refractivity contribution in [2.45, 2.75) is 33.2 Å². The molecule has 1 fully saturated rings. The zero-order valence-electron chi connectivity index (χ0n) is 10.9. The first kappa shape index (κ1) is 12.2. The molecular formula is C13H22N4. The lowest BCUT2D eigenvalue weighted by atomic mass is 9.86. The fraction of sp³-hybridized carbons (Fsp3) is 0.615. The summed E-state index contributed by atoms with van der Waals surface area (Å²) in [7, 11) is 0. The van der Waals surface area contributed by atoms with Gasteiger partial charge in [-0.2, -0.15) is 0 Å². The van der Waals surface area contributed by atoms with Crippen LogP contribution in [0.5, 0.6) is 0 Å². The molecule has 2 rings (SSSR count). The lowest BCUT2D eigenvalue weighted by molar-refractivity contribution is 0.295. The number of aromatic nitrogens is 1. The highest BCUT2D eigenvalue weighted by Gasteiger charge is 2.29. The standard InChI is InChI=1S/C13H22N4/c1-9-7-10(2)11(3)17(8-9)13-6-4-5-12(15-13)16-14/h4-6,9-11H,7-8,14H2,1-3H3,(H,15,16). The van der Waals surface area contributed by atoms with Gasteiger partial charge in [-0.15, -0.1) is 0 Å². The first-order chi connectivity index (χ1) is 8.11. The van der Waals surface area contributed by atoms with Gasteiger partial charge in [0.15, 0.2) is 0 Å². The minimum Gasteiger partial charge on any atom is -0.353 e. The monoisotopic (exact) mass is 234 g/mol. The average molecular weight is 234 g/mol. The van der Waals surface area contributed by atoms with Gasteiger partial charge in [-0.3, -0.25) is 0 Å². The van der Waals surface area contributed by atoms with Crippen molar-refractivity contribution in [2.75, 3.05) is 16.9 Å². The van der Waals surface area contributed by atoms with Gasteiger partial charge in [0.2, 0.25) is 0 Å². The number of piperidine rings is 1.